The molecule has 0 spiro atoms. The number of rotatable bonds is 1. The first-order valence-electron chi connectivity index (χ1n) is 10.7. The van der Waals surface area contributed by atoms with Crippen molar-refractivity contribution in [3.63, 3.8) is 0 Å². The zero-order chi connectivity index (χ0) is 20.5. The van der Waals surface area contributed by atoms with Crippen LogP contribution in [-0.4, -0.2) is 9.13 Å². The zero-order valence-electron chi connectivity index (χ0n) is 17.2. The molecule has 0 unspecified atom stereocenters. The molecule has 2 nitrogen and oxygen atoms in total. The van der Waals surface area contributed by atoms with Gasteiger partial charge in [-0.05, 0) is 41.1 Å². The van der Waals surface area contributed by atoms with E-state index in [1.165, 1.54) is 60.1 Å². The number of fused-ring (bicyclic) bond motifs is 8. The van der Waals surface area contributed by atoms with Crippen LogP contribution in [0.3, 0.4) is 0 Å². The first kappa shape index (κ1) is 16.7. The van der Waals surface area contributed by atoms with E-state index < -0.39 is 0 Å². The van der Waals surface area contributed by atoms with Crippen LogP contribution < -0.4 is 0 Å². The minimum absolute atomic E-state index is 1.20. The van der Waals surface area contributed by atoms with Crippen LogP contribution in [0, 0.1) is 0 Å². The second-order valence-electron chi connectivity index (χ2n) is 8.32. The Balaban J connectivity index is 1.70. The molecule has 0 N–H and O–H groups in total. The molecule has 0 aliphatic heterocycles. The van der Waals surface area contributed by atoms with Gasteiger partial charge in [0.1, 0.15) is 0 Å². The molecule has 7 rings (SSSR count). The molecule has 2 heterocycles. The summed E-state index contributed by atoms with van der Waals surface area (Å²) in [5.74, 6) is 0. The van der Waals surface area contributed by atoms with Gasteiger partial charge in [0.25, 0.3) is 0 Å². The number of aromatic nitrogens is 2. The van der Waals surface area contributed by atoms with Crippen molar-refractivity contribution in [3.05, 3.63) is 103 Å². The van der Waals surface area contributed by atoms with Crippen molar-refractivity contribution < 1.29 is 0 Å². The summed E-state index contributed by atoms with van der Waals surface area (Å²) in [5.41, 5.74) is 6.26. The van der Waals surface area contributed by atoms with Crippen molar-refractivity contribution in [2.75, 3.05) is 0 Å². The molecule has 0 fully saturated rings. The van der Waals surface area contributed by atoms with Crippen LogP contribution in [-0.2, 0) is 7.05 Å². The molecule has 7 aromatic rings. The fourth-order valence-corrected chi connectivity index (χ4v) is 5.32. The van der Waals surface area contributed by atoms with E-state index in [4.69, 9.17) is 0 Å². The lowest BCUT2D eigenvalue weighted by molar-refractivity contribution is 1.02. The molecule has 0 saturated carbocycles. The van der Waals surface area contributed by atoms with Gasteiger partial charge in [0, 0.05) is 39.8 Å². The summed E-state index contributed by atoms with van der Waals surface area (Å²) in [5, 5.41) is 7.76. The average Bonchev–Trinajstić information content (AvgIpc) is 3.31. The van der Waals surface area contributed by atoms with E-state index in [-0.39, 0.29) is 0 Å². The van der Waals surface area contributed by atoms with Gasteiger partial charge in [0.05, 0.1) is 16.6 Å². The van der Waals surface area contributed by atoms with Gasteiger partial charge in [-0.15, -0.1) is 0 Å². The molecule has 0 saturated heterocycles. The van der Waals surface area contributed by atoms with Gasteiger partial charge in [0.2, 0.25) is 0 Å². The van der Waals surface area contributed by atoms with Gasteiger partial charge in [-0.25, -0.2) is 0 Å². The molecule has 0 amide bonds. The largest absolute Gasteiger partial charge is 0.343 e. The Labute approximate surface area is 179 Å². The van der Waals surface area contributed by atoms with E-state index in [0.717, 1.165) is 0 Å². The minimum Gasteiger partial charge on any atom is -0.343 e. The molecule has 0 radical (unpaired) electrons. The molecular formula is C29H20N2. The molecule has 31 heavy (non-hydrogen) atoms. The summed E-state index contributed by atoms with van der Waals surface area (Å²) in [6.07, 6.45) is 0. The highest BCUT2D eigenvalue weighted by Gasteiger charge is 2.18. The number of benzene rings is 5. The van der Waals surface area contributed by atoms with Crippen molar-refractivity contribution in [2.45, 2.75) is 0 Å². The Morgan fingerprint density at radius 3 is 2.10 bits per heavy atom. The van der Waals surface area contributed by atoms with E-state index in [2.05, 4.69) is 119 Å². The van der Waals surface area contributed by atoms with Crippen LogP contribution >= 0.6 is 0 Å². The third kappa shape index (κ3) is 2.17. The molecule has 0 atom stereocenters. The first-order valence-corrected chi connectivity index (χ1v) is 10.7. The van der Waals surface area contributed by atoms with Crippen LogP contribution in [0.1, 0.15) is 0 Å². The molecule has 0 bridgehead atoms. The lowest BCUT2D eigenvalue weighted by Gasteiger charge is -2.09. The Hall–Kier alpha value is -4.04. The standard InChI is InChI=1S/C29H20N2/c1-30-25-12-6-4-10-22(25)23-16-17-27-28(29(23)30)24-11-5-7-13-26(24)31(27)21-15-14-19-8-2-3-9-20(19)18-21/h2-18H,1H3. The van der Waals surface area contributed by atoms with Gasteiger partial charge in [0.15, 0.2) is 0 Å². The first-order chi connectivity index (χ1) is 15.3. The highest BCUT2D eigenvalue weighted by atomic mass is 15.0. The Kier molecular flexibility index (Phi) is 3.23. The summed E-state index contributed by atoms with van der Waals surface area (Å²) in [6.45, 7) is 0. The maximum absolute atomic E-state index is 2.41. The predicted octanol–water partition coefficient (Wildman–Crippen LogP) is 7.58. The molecule has 5 aromatic carbocycles. The average molecular weight is 396 g/mol. The van der Waals surface area contributed by atoms with Crippen molar-refractivity contribution in [1.82, 2.24) is 9.13 Å². The lowest BCUT2D eigenvalue weighted by Crippen LogP contribution is -1.94. The van der Waals surface area contributed by atoms with Gasteiger partial charge >= 0.3 is 0 Å². The monoisotopic (exact) mass is 396 g/mol. The van der Waals surface area contributed by atoms with Gasteiger partial charge < -0.3 is 9.13 Å². The van der Waals surface area contributed by atoms with Crippen LogP contribution in [0.4, 0.5) is 0 Å². The highest BCUT2D eigenvalue weighted by molar-refractivity contribution is 6.25. The van der Waals surface area contributed by atoms with Crippen molar-refractivity contribution >= 4 is 54.4 Å². The number of para-hydroxylation sites is 2. The van der Waals surface area contributed by atoms with Crippen LogP contribution in [0.2, 0.25) is 0 Å². The SMILES string of the molecule is Cn1c2ccccc2c2ccc3c(c4ccccc4n3-c3ccc4ccccc4c3)c21. The van der Waals surface area contributed by atoms with Crippen molar-refractivity contribution in [1.29, 1.82) is 0 Å². The van der Waals surface area contributed by atoms with Gasteiger partial charge in [-0.1, -0.05) is 72.8 Å². The van der Waals surface area contributed by atoms with E-state index in [0.29, 0.717) is 0 Å². The Bertz CT molecular complexity index is 1800. The molecule has 0 aliphatic carbocycles. The van der Waals surface area contributed by atoms with Gasteiger partial charge in [-0.2, -0.15) is 0 Å². The topological polar surface area (TPSA) is 9.86 Å². The third-order valence-electron chi connectivity index (χ3n) is 6.69. The summed E-state index contributed by atoms with van der Waals surface area (Å²) < 4.78 is 4.76. The third-order valence-corrected chi connectivity index (χ3v) is 6.69. The Morgan fingerprint density at radius 1 is 0.516 bits per heavy atom. The quantitative estimate of drug-likeness (QED) is 0.271. The maximum Gasteiger partial charge on any atom is 0.0590 e. The summed E-state index contributed by atoms with van der Waals surface area (Å²) >= 11 is 0. The summed E-state index contributed by atoms with van der Waals surface area (Å²) in [7, 11) is 2.19. The normalized spacial score (nSPS) is 12.0. The second-order valence-corrected chi connectivity index (χ2v) is 8.32. The van der Waals surface area contributed by atoms with Gasteiger partial charge in [-0.3, -0.25) is 0 Å². The fourth-order valence-electron chi connectivity index (χ4n) is 5.32. The van der Waals surface area contributed by atoms with Crippen molar-refractivity contribution in [2.24, 2.45) is 7.05 Å². The van der Waals surface area contributed by atoms with Crippen LogP contribution in [0.25, 0.3) is 60.1 Å². The lowest BCUT2D eigenvalue weighted by atomic mass is 10.1. The molecule has 146 valence electrons. The number of hydrogen-bond acceptors (Lipinski definition) is 0. The minimum atomic E-state index is 1.20. The molecule has 2 heteroatoms. The number of aryl methyl sites for hydroxylation is 1. The number of hydrogen-bond donors (Lipinski definition) is 0. The van der Waals surface area contributed by atoms with E-state index >= 15 is 0 Å². The predicted molar refractivity (Wildman–Crippen MR) is 132 cm³/mol. The molecule has 2 aromatic heterocycles. The van der Waals surface area contributed by atoms with Crippen LogP contribution in [0.15, 0.2) is 103 Å². The van der Waals surface area contributed by atoms with E-state index in [1.54, 1.807) is 0 Å². The smallest absolute Gasteiger partial charge is 0.0590 e. The highest BCUT2D eigenvalue weighted by Crippen LogP contribution is 2.40. The van der Waals surface area contributed by atoms with Crippen molar-refractivity contribution in [3.8, 4) is 5.69 Å². The van der Waals surface area contributed by atoms with E-state index in [1.807, 2.05) is 0 Å². The van der Waals surface area contributed by atoms with E-state index in [9.17, 15) is 0 Å². The number of nitrogens with zero attached hydrogens (tertiary/aromatic N) is 2. The maximum atomic E-state index is 2.41. The fraction of sp³-hybridized carbons (Fsp3) is 0.0345. The van der Waals surface area contributed by atoms with Crippen LogP contribution in [0.5, 0.6) is 0 Å². The molecule has 0 aliphatic rings. The molecular weight excluding hydrogens is 376 g/mol. The summed E-state index contributed by atoms with van der Waals surface area (Å²) in [4.78, 5) is 0. The second kappa shape index (κ2) is 5.99. The Morgan fingerprint density at radius 2 is 1.23 bits per heavy atom. The zero-order valence-corrected chi connectivity index (χ0v) is 17.2. The summed E-state index contributed by atoms with van der Waals surface area (Å²) in [6, 6.07) is 37.4.